The monoisotopic (exact) mass is 245 g/mol. The third-order valence-electron chi connectivity index (χ3n) is 2.65. The zero-order valence-electron chi connectivity index (χ0n) is 8.99. The van der Waals surface area contributed by atoms with Gasteiger partial charge in [-0.2, -0.15) is 13.2 Å². The fraction of sp³-hybridized carbons (Fsp3) is 0.364. The molecule has 1 heterocycles. The second-order valence-corrected chi connectivity index (χ2v) is 3.74. The van der Waals surface area contributed by atoms with Crippen LogP contribution in [0.25, 0.3) is 0 Å². The van der Waals surface area contributed by atoms with Crippen LogP contribution in [0.4, 0.5) is 13.2 Å². The molecule has 1 aromatic rings. The maximum absolute atomic E-state index is 12.4. The molecule has 1 atom stereocenters. The van der Waals surface area contributed by atoms with E-state index in [0.29, 0.717) is 5.56 Å². The number of hydroxylamine groups is 2. The van der Waals surface area contributed by atoms with Crippen LogP contribution in [0.2, 0.25) is 0 Å². The van der Waals surface area contributed by atoms with Gasteiger partial charge in [0.2, 0.25) is 0 Å². The molecule has 0 spiro atoms. The second-order valence-electron chi connectivity index (χ2n) is 3.74. The molecule has 6 heteroatoms. The Hall–Kier alpha value is -1.56. The number of hydrogen-bond acceptors (Lipinski definition) is 2. The summed E-state index contributed by atoms with van der Waals surface area (Å²) >= 11 is 0. The lowest BCUT2D eigenvalue weighted by atomic mass is 10.0. The molecule has 17 heavy (non-hydrogen) atoms. The van der Waals surface area contributed by atoms with Crippen molar-refractivity contribution >= 4 is 5.91 Å². The van der Waals surface area contributed by atoms with E-state index in [-0.39, 0.29) is 5.56 Å². The van der Waals surface area contributed by atoms with Crippen LogP contribution >= 0.6 is 0 Å². The van der Waals surface area contributed by atoms with Crippen molar-refractivity contribution in [3.8, 4) is 0 Å². The van der Waals surface area contributed by atoms with E-state index in [0.717, 1.165) is 5.06 Å². The van der Waals surface area contributed by atoms with Crippen LogP contribution in [0.5, 0.6) is 0 Å². The number of fused-ring (bicyclic) bond motifs is 1. The minimum atomic E-state index is -4.35. The molecule has 0 fully saturated rings. The third kappa shape index (κ3) is 2.12. The van der Waals surface area contributed by atoms with Crippen molar-refractivity contribution < 1.29 is 22.8 Å². The molecule has 0 aromatic heterocycles. The molecule has 92 valence electrons. The summed E-state index contributed by atoms with van der Waals surface area (Å²) in [4.78, 5) is 16.5. The van der Waals surface area contributed by atoms with Gasteiger partial charge in [-0.25, -0.2) is 5.06 Å². The average Bonchev–Trinajstić information content (AvgIpc) is 2.51. The molecule has 0 radical (unpaired) electrons. The van der Waals surface area contributed by atoms with Crippen molar-refractivity contribution in [1.82, 2.24) is 5.06 Å². The first-order valence-corrected chi connectivity index (χ1v) is 4.97. The number of nitrogens with zero attached hydrogens (tertiary/aromatic N) is 1. The zero-order chi connectivity index (χ0) is 12.6. The summed E-state index contributed by atoms with van der Waals surface area (Å²) in [5, 5.41) is 0.776. The number of carbonyl (C=O) groups is 1. The van der Waals surface area contributed by atoms with Gasteiger partial charge in [0.15, 0.2) is 0 Å². The number of halogens is 3. The largest absolute Gasteiger partial charge is 0.391 e. The van der Waals surface area contributed by atoms with Gasteiger partial charge in [0.1, 0.15) is 0 Å². The Labute approximate surface area is 95.7 Å². The maximum Gasteiger partial charge on any atom is 0.391 e. The predicted octanol–water partition coefficient (Wildman–Crippen LogP) is 2.70. The average molecular weight is 245 g/mol. The van der Waals surface area contributed by atoms with E-state index in [9.17, 15) is 18.0 Å². The molecule has 0 saturated heterocycles. The molecule has 3 nitrogen and oxygen atoms in total. The lowest BCUT2D eigenvalue weighted by molar-refractivity contribution is -0.180. The van der Waals surface area contributed by atoms with Crippen molar-refractivity contribution in [1.29, 1.82) is 0 Å². The standard InChI is InChI=1S/C11H10F3NO2/c1-17-15-9(6-11(12,13)14)7-4-2-3-5-8(7)10(15)16/h2-5,9H,6H2,1H3. The Morgan fingerprint density at radius 3 is 2.59 bits per heavy atom. The summed E-state index contributed by atoms with van der Waals surface area (Å²) in [7, 11) is 1.19. The number of alkyl halides is 3. The SMILES string of the molecule is CON1C(=O)c2ccccc2C1CC(F)(F)F. The summed E-state index contributed by atoms with van der Waals surface area (Å²) < 4.78 is 37.3. The van der Waals surface area contributed by atoms with Crippen LogP contribution in [0.15, 0.2) is 24.3 Å². The summed E-state index contributed by atoms with van der Waals surface area (Å²) in [5.74, 6) is -0.530. The molecule has 1 aliphatic rings. The van der Waals surface area contributed by atoms with E-state index < -0.39 is 24.5 Å². The molecular formula is C11H10F3NO2. The predicted molar refractivity (Wildman–Crippen MR) is 53.0 cm³/mol. The summed E-state index contributed by atoms with van der Waals surface area (Å²) in [5.41, 5.74) is 0.625. The third-order valence-corrected chi connectivity index (χ3v) is 2.65. The Balaban J connectivity index is 2.39. The van der Waals surface area contributed by atoms with Gasteiger partial charge < -0.3 is 0 Å². The zero-order valence-corrected chi connectivity index (χ0v) is 8.99. The van der Waals surface area contributed by atoms with Crippen molar-refractivity contribution in [2.24, 2.45) is 0 Å². The number of carbonyl (C=O) groups excluding carboxylic acids is 1. The summed E-state index contributed by atoms with van der Waals surface area (Å²) in [6.07, 6.45) is -5.46. The van der Waals surface area contributed by atoms with Gasteiger partial charge in [0.05, 0.1) is 19.6 Å². The summed E-state index contributed by atoms with van der Waals surface area (Å²) in [6.45, 7) is 0. The highest BCUT2D eigenvalue weighted by atomic mass is 19.4. The lowest BCUT2D eigenvalue weighted by Gasteiger charge is -2.23. The first kappa shape index (κ1) is 11.9. The van der Waals surface area contributed by atoms with E-state index in [4.69, 9.17) is 4.84 Å². The van der Waals surface area contributed by atoms with E-state index in [1.54, 1.807) is 12.1 Å². The van der Waals surface area contributed by atoms with Crippen LogP contribution in [-0.2, 0) is 4.84 Å². The molecule has 0 bridgehead atoms. The van der Waals surface area contributed by atoms with Crippen LogP contribution in [-0.4, -0.2) is 24.3 Å². The highest BCUT2D eigenvalue weighted by Gasteiger charge is 2.43. The van der Waals surface area contributed by atoms with Gasteiger partial charge in [-0.3, -0.25) is 9.63 Å². The van der Waals surface area contributed by atoms with Crippen LogP contribution in [0.1, 0.15) is 28.4 Å². The second kappa shape index (κ2) is 4.03. The minimum Gasteiger partial charge on any atom is -0.273 e. The molecular weight excluding hydrogens is 235 g/mol. The maximum atomic E-state index is 12.4. The highest BCUT2D eigenvalue weighted by molar-refractivity contribution is 5.98. The first-order valence-electron chi connectivity index (χ1n) is 4.97. The van der Waals surface area contributed by atoms with Crippen molar-refractivity contribution in [2.45, 2.75) is 18.6 Å². The van der Waals surface area contributed by atoms with Crippen molar-refractivity contribution in [3.63, 3.8) is 0 Å². The van der Waals surface area contributed by atoms with E-state index >= 15 is 0 Å². The van der Waals surface area contributed by atoms with Crippen LogP contribution in [0, 0.1) is 0 Å². The van der Waals surface area contributed by atoms with Gasteiger partial charge >= 0.3 is 6.18 Å². The Bertz CT molecular complexity index is 445. The lowest BCUT2D eigenvalue weighted by Crippen LogP contribution is -2.30. The van der Waals surface area contributed by atoms with E-state index in [1.807, 2.05) is 0 Å². The van der Waals surface area contributed by atoms with Gasteiger partial charge in [0.25, 0.3) is 5.91 Å². The molecule has 0 N–H and O–H groups in total. The van der Waals surface area contributed by atoms with Crippen LogP contribution in [0.3, 0.4) is 0 Å². The Morgan fingerprint density at radius 1 is 1.35 bits per heavy atom. The molecule has 1 aromatic carbocycles. The quantitative estimate of drug-likeness (QED) is 0.801. The summed E-state index contributed by atoms with van der Waals surface area (Å²) in [6, 6.07) is 5.14. The van der Waals surface area contributed by atoms with Crippen molar-refractivity contribution in [3.05, 3.63) is 35.4 Å². The van der Waals surface area contributed by atoms with Gasteiger partial charge in [0, 0.05) is 5.56 Å². The fourth-order valence-corrected chi connectivity index (χ4v) is 1.99. The number of benzene rings is 1. The molecule has 0 aliphatic carbocycles. The normalized spacial score (nSPS) is 19.6. The number of hydrogen-bond donors (Lipinski definition) is 0. The van der Waals surface area contributed by atoms with Crippen molar-refractivity contribution in [2.75, 3.05) is 7.11 Å². The topological polar surface area (TPSA) is 29.5 Å². The molecule has 2 rings (SSSR count). The number of rotatable bonds is 2. The minimum absolute atomic E-state index is 0.267. The smallest absolute Gasteiger partial charge is 0.273 e. The number of amides is 1. The van der Waals surface area contributed by atoms with E-state index in [1.165, 1.54) is 19.2 Å². The molecule has 0 saturated carbocycles. The van der Waals surface area contributed by atoms with Gasteiger partial charge in [-0.1, -0.05) is 18.2 Å². The highest BCUT2D eigenvalue weighted by Crippen LogP contribution is 2.40. The van der Waals surface area contributed by atoms with Crippen LogP contribution < -0.4 is 0 Å². The van der Waals surface area contributed by atoms with Gasteiger partial charge in [-0.05, 0) is 11.6 Å². The fourth-order valence-electron chi connectivity index (χ4n) is 1.99. The Kier molecular flexibility index (Phi) is 2.82. The first-order chi connectivity index (χ1) is 7.94. The molecule has 1 aliphatic heterocycles. The molecule has 1 amide bonds. The van der Waals surface area contributed by atoms with Gasteiger partial charge in [-0.15, -0.1) is 0 Å². The Morgan fingerprint density at radius 2 is 2.00 bits per heavy atom. The van der Waals surface area contributed by atoms with E-state index in [2.05, 4.69) is 0 Å². The molecule has 1 unspecified atom stereocenters.